The molecule has 3 nitrogen and oxygen atoms in total. The van der Waals surface area contributed by atoms with Crippen molar-refractivity contribution in [2.75, 3.05) is 6.61 Å². The summed E-state index contributed by atoms with van der Waals surface area (Å²) in [5.41, 5.74) is 5.40. The van der Waals surface area contributed by atoms with E-state index < -0.39 is 5.54 Å². The molecule has 0 radical (unpaired) electrons. The maximum Gasteiger partial charge on any atom is 0.111 e. The molecule has 0 saturated carbocycles. The molecule has 0 fully saturated rings. The first-order chi connectivity index (χ1) is 6.81. The molecule has 0 spiro atoms. The number of aliphatic hydroxyl groups is 1. The van der Waals surface area contributed by atoms with E-state index in [1.807, 2.05) is 39.8 Å². The predicted octanol–water partition coefficient (Wildman–Crippen LogP) is 1.97. The molecule has 1 aromatic rings. The lowest BCUT2D eigenvalue weighted by molar-refractivity contribution is 0.166. The molecule has 0 amide bonds. The highest BCUT2D eigenvalue weighted by molar-refractivity contribution is 5.21. The van der Waals surface area contributed by atoms with E-state index in [0.717, 1.165) is 11.5 Å². The molecular formula is C12H21NO2. The van der Waals surface area contributed by atoms with Crippen LogP contribution < -0.4 is 5.73 Å². The van der Waals surface area contributed by atoms with Crippen LogP contribution in [-0.2, 0) is 5.41 Å². The van der Waals surface area contributed by atoms with Crippen LogP contribution in [0.1, 0.15) is 38.7 Å². The summed E-state index contributed by atoms with van der Waals surface area (Å²) in [5, 5.41) is 9.14. The van der Waals surface area contributed by atoms with Gasteiger partial charge in [-0.2, -0.15) is 0 Å². The summed E-state index contributed by atoms with van der Waals surface area (Å²) in [7, 11) is 0. The molecule has 0 aliphatic heterocycles. The van der Waals surface area contributed by atoms with Gasteiger partial charge >= 0.3 is 0 Å². The van der Waals surface area contributed by atoms with Gasteiger partial charge < -0.3 is 15.3 Å². The number of hydrogen-bond acceptors (Lipinski definition) is 3. The van der Waals surface area contributed by atoms with E-state index in [2.05, 4.69) is 0 Å². The second-order valence-corrected chi connectivity index (χ2v) is 4.94. The molecule has 1 rings (SSSR count). The number of nitrogens with two attached hydrogens (primary N) is 1. The molecule has 86 valence electrons. The van der Waals surface area contributed by atoms with E-state index in [0.29, 0.717) is 6.42 Å². The normalized spacial score (nSPS) is 16.4. The number of aryl methyl sites for hydroxylation is 1. The fraction of sp³-hybridized carbons (Fsp3) is 0.667. The highest BCUT2D eigenvalue weighted by atomic mass is 16.3. The van der Waals surface area contributed by atoms with E-state index in [4.69, 9.17) is 15.3 Å². The van der Waals surface area contributed by atoms with E-state index >= 15 is 0 Å². The lowest BCUT2D eigenvalue weighted by Crippen LogP contribution is -2.52. The van der Waals surface area contributed by atoms with Crippen LogP contribution in [0.2, 0.25) is 0 Å². The molecule has 0 aliphatic carbocycles. The minimum atomic E-state index is -0.431. The summed E-state index contributed by atoms with van der Waals surface area (Å²) < 4.78 is 5.64. The number of aliphatic hydroxyl groups excluding tert-OH is 1. The summed E-state index contributed by atoms with van der Waals surface area (Å²) >= 11 is 0. The summed E-state index contributed by atoms with van der Waals surface area (Å²) in [6, 6.07) is 3.87. The fourth-order valence-electron chi connectivity index (χ4n) is 1.72. The quantitative estimate of drug-likeness (QED) is 0.800. The average Bonchev–Trinajstić information content (AvgIpc) is 2.50. The molecule has 15 heavy (non-hydrogen) atoms. The minimum absolute atomic E-state index is 0.108. The summed E-state index contributed by atoms with van der Waals surface area (Å²) in [5.74, 6) is 1.72. The molecule has 0 aromatic carbocycles. The predicted molar refractivity (Wildman–Crippen MR) is 60.8 cm³/mol. The van der Waals surface area contributed by atoms with Gasteiger partial charge in [-0.3, -0.25) is 0 Å². The second-order valence-electron chi connectivity index (χ2n) is 4.94. The van der Waals surface area contributed by atoms with Gasteiger partial charge in [-0.1, -0.05) is 6.92 Å². The highest BCUT2D eigenvalue weighted by Gasteiger charge is 2.41. The Morgan fingerprint density at radius 3 is 2.27 bits per heavy atom. The zero-order valence-electron chi connectivity index (χ0n) is 10.0. The van der Waals surface area contributed by atoms with E-state index in [1.165, 1.54) is 0 Å². The van der Waals surface area contributed by atoms with Gasteiger partial charge in [-0.25, -0.2) is 0 Å². The number of furan rings is 1. The summed E-state index contributed by atoms with van der Waals surface area (Å²) in [6.07, 6.45) is 0.601. The van der Waals surface area contributed by atoms with E-state index in [1.54, 1.807) is 0 Å². The number of hydrogen-bond donors (Lipinski definition) is 2. The molecule has 0 saturated heterocycles. The smallest absolute Gasteiger partial charge is 0.111 e. The number of rotatable bonds is 4. The topological polar surface area (TPSA) is 59.4 Å². The maximum atomic E-state index is 9.14. The van der Waals surface area contributed by atoms with Crippen LogP contribution in [0.5, 0.6) is 0 Å². The third-order valence-electron chi connectivity index (χ3n) is 3.32. The molecule has 1 heterocycles. The van der Waals surface area contributed by atoms with Crippen LogP contribution in [0, 0.1) is 6.92 Å². The molecule has 3 N–H and O–H groups in total. The Labute approximate surface area is 91.3 Å². The van der Waals surface area contributed by atoms with Crippen LogP contribution in [0.3, 0.4) is 0 Å². The Morgan fingerprint density at radius 2 is 1.93 bits per heavy atom. The molecule has 3 heteroatoms. The monoisotopic (exact) mass is 211 g/mol. The van der Waals surface area contributed by atoms with Crippen molar-refractivity contribution in [1.82, 2.24) is 0 Å². The lowest BCUT2D eigenvalue weighted by atomic mass is 9.69. The van der Waals surface area contributed by atoms with E-state index in [9.17, 15) is 0 Å². The Balaban J connectivity index is 3.12. The zero-order valence-corrected chi connectivity index (χ0v) is 10.0. The summed E-state index contributed by atoms with van der Waals surface area (Å²) in [4.78, 5) is 0. The first-order valence-corrected chi connectivity index (χ1v) is 5.28. The van der Waals surface area contributed by atoms with Crippen LogP contribution in [0.4, 0.5) is 0 Å². The van der Waals surface area contributed by atoms with Crippen molar-refractivity contribution in [1.29, 1.82) is 0 Å². The third kappa shape index (κ3) is 2.24. The largest absolute Gasteiger partial charge is 0.466 e. The van der Waals surface area contributed by atoms with Gasteiger partial charge in [0, 0.05) is 17.6 Å². The zero-order chi connectivity index (χ0) is 11.7. The Kier molecular flexibility index (Phi) is 3.26. The van der Waals surface area contributed by atoms with Gasteiger partial charge in [0.2, 0.25) is 0 Å². The van der Waals surface area contributed by atoms with Crippen molar-refractivity contribution in [3.63, 3.8) is 0 Å². The van der Waals surface area contributed by atoms with Crippen molar-refractivity contribution in [2.45, 2.75) is 45.1 Å². The first kappa shape index (κ1) is 12.3. The molecular weight excluding hydrogens is 190 g/mol. The lowest BCUT2D eigenvalue weighted by Gasteiger charge is -2.39. The Hall–Kier alpha value is -0.800. The van der Waals surface area contributed by atoms with Gasteiger partial charge in [-0.05, 0) is 39.3 Å². The standard InChI is InChI=1S/C12H21NO2/c1-9-5-6-10(15-9)12(4,7-8-14)11(2,3)13/h5-6,14H,7-8,13H2,1-4H3. The van der Waals surface area contributed by atoms with Gasteiger partial charge in [0.1, 0.15) is 11.5 Å². The second kappa shape index (κ2) is 3.99. The van der Waals surface area contributed by atoms with Crippen LogP contribution >= 0.6 is 0 Å². The Morgan fingerprint density at radius 1 is 1.33 bits per heavy atom. The van der Waals surface area contributed by atoms with Crippen molar-refractivity contribution < 1.29 is 9.52 Å². The van der Waals surface area contributed by atoms with Crippen molar-refractivity contribution >= 4 is 0 Å². The van der Waals surface area contributed by atoms with E-state index in [-0.39, 0.29) is 12.0 Å². The molecule has 1 unspecified atom stereocenters. The van der Waals surface area contributed by atoms with Gasteiger partial charge in [-0.15, -0.1) is 0 Å². The van der Waals surface area contributed by atoms with Crippen molar-refractivity contribution in [3.8, 4) is 0 Å². The molecule has 0 aliphatic rings. The molecule has 1 atom stereocenters. The van der Waals surface area contributed by atoms with Crippen LogP contribution in [0.25, 0.3) is 0 Å². The molecule has 0 bridgehead atoms. The third-order valence-corrected chi connectivity index (χ3v) is 3.32. The SMILES string of the molecule is Cc1ccc(C(C)(CCO)C(C)(C)N)o1. The summed E-state index contributed by atoms with van der Waals surface area (Å²) in [6.45, 7) is 7.96. The molecule has 1 aromatic heterocycles. The van der Waals surface area contributed by atoms with Gasteiger partial charge in [0.25, 0.3) is 0 Å². The van der Waals surface area contributed by atoms with Gasteiger partial charge in [0.05, 0.1) is 0 Å². The first-order valence-electron chi connectivity index (χ1n) is 5.28. The van der Waals surface area contributed by atoms with Gasteiger partial charge in [0.15, 0.2) is 0 Å². The maximum absolute atomic E-state index is 9.14. The highest BCUT2D eigenvalue weighted by Crippen LogP contribution is 2.37. The average molecular weight is 211 g/mol. The fourth-order valence-corrected chi connectivity index (χ4v) is 1.72. The van der Waals surface area contributed by atoms with Crippen molar-refractivity contribution in [2.24, 2.45) is 5.73 Å². The van der Waals surface area contributed by atoms with Crippen LogP contribution in [0.15, 0.2) is 16.5 Å². The Bertz CT molecular complexity index is 325. The van der Waals surface area contributed by atoms with Crippen LogP contribution in [-0.4, -0.2) is 17.3 Å². The van der Waals surface area contributed by atoms with Crippen molar-refractivity contribution in [3.05, 3.63) is 23.7 Å². The minimum Gasteiger partial charge on any atom is -0.466 e.